The van der Waals surface area contributed by atoms with Crippen molar-refractivity contribution < 1.29 is 19.1 Å². The fraction of sp³-hybridized carbons (Fsp3) is 0.222. The highest BCUT2D eigenvalue weighted by Crippen LogP contribution is 2.25. The van der Waals surface area contributed by atoms with Crippen molar-refractivity contribution >= 4 is 35.1 Å². The number of nitrogens with one attached hydrogen (secondary N) is 1. The quantitative estimate of drug-likeness (QED) is 0.744. The molecule has 0 aromatic heterocycles. The van der Waals surface area contributed by atoms with Gasteiger partial charge in [-0.15, -0.1) is 0 Å². The number of amides is 1. The summed E-state index contributed by atoms with van der Waals surface area (Å²) >= 11 is 11.8. The molecular formula is C18H17Cl2NO4. The summed E-state index contributed by atoms with van der Waals surface area (Å²) in [4.78, 5) is 23.3. The minimum atomic E-state index is -0.654. The highest BCUT2D eigenvalue weighted by atomic mass is 35.5. The van der Waals surface area contributed by atoms with Crippen molar-refractivity contribution in [2.24, 2.45) is 0 Å². The molecule has 0 heterocycles. The standard InChI is InChI=1S/C18H17Cl2NO4/c1-12-2-7-15(20)16(8-12)24-11-18(23)25-10-17(22)21-9-13-3-5-14(19)6-4-13/h2-8H,9-11H2,1H3,(H,21,22). The molecule has 2 rings (SSSR count). The number of aryl methyl sites for hydroxylation is 1. The van der Waals surface area contributed by atoms with E-state index >= 15 is 0 Å². The number of carbonyl (C=O) groups excluding carboxylic acids is 2. The Bertz CT molecular complexity index is 747. The molecule has 0 saturated heterocycles. The molecule has 0 radical (unpaired) electrons. The van der Waals surface area contributed by atoms with Crippen LogP contribution in [0.2, 0.25) is 10.0 Å². The van der Waals surface area contributed by atoms with Gasteiger partial charge in [-0.3, -0.25) is 4.79 Å². The first-order valence-corrected chi connectivity index (χ1v) is 8.25. The summed E-state index contributed by atoms with van der Waals surface area (Å²) in [7, 11) is 0. The van der Waals surface area contributed by atoms with Crippen molar-refractivity contribution in [3.8, 4) is 5.75 Å². The van der Waals surface area contributed by atoms with Crippen LogP contribution in [-0.4, -0.2) is 25.1 Å². The van der Waals surface area contributed by atoms with Gasteiger partial charge in [0.15, 0.2) is 13.2 Å². The van der Waals surface area contributed by atoms with Crippen LogP contribution in [0.15, 0.2) is 42.5 Å². The molecule has 1 amide bonds. The Balaban J connectivity index is 1.69. The van der Waals surface area contributed by atoms with E-state index in [1.54, 1.807) is 36.4 Å². The van der Waals surface area contributed by atoms with Crippen LogP contribution in [-0.2, 0) is 20.9 Å². The van der Waals surface area contributed by atoms with Crippen molar-refractivity contribution in [3.05, 3.63) is 63.6 Å². The molecule has 7 heteroatoms. The van der Waals surface area contributed by atoms with E-state index in [0.717, 1.165) is 11.1 Å². The van der Waals surface area contributed by atoms with E-state index < -0.39 is 11.9 Å². The molecular weight excluding hydrogens is 365 g/mol. The lowest BCUT2D eigenvalue weighted by Crippen LogP contribution is -2.29. The van der Waals surface area contributed by atoms with E-state index in [9.17, 15) is 9.59 Å². The molecule has 0 saturated carbocycles. The zero-order valence-corrected chi connectivity index (χ0v) is 15.1. The average Bonchev–Trinajstić information content (AvgIpc) is 2.60. The van der Waals surface area contributed by atoms with Gasteiger partial charge in [0.2, 0.25) is 0 Å². The topological polar surface area (TPSA) is 64.6 Å². The van der Waals surface area contributed by atoms with Crippen molar-refractivity contribution in [3.63, 3.8) is 0 Å². The smallest absolute Gasteiger partial charge is 0.344 e. The van der Waals surface area contributed by atoms with Crippen LogP contribution in [0, 0.1) is 6.92 Å². The maximum absolute atomic E-state index is 11.7. The van der Waals surface area contributed by atoms with Crippen molar-refractivity contribution in [2.75, 3.05) is 13.2 Å². The maximum atomic E-state index is 11.7. The normalized spacial score (nSPS) is 10.2. The Labute approximate surface area is 155 Å². The molecule has 0 aliphatic heterocycles. The van der Waals surface area contributed by atoms with Gasteiger partial charge in [-0.1, -0.05) is 41.4 Å². The van der Waals surface area contributed by atoms with Gasteiger partial charge in [0.05, 0.1) is 5.02 Å². The Kier molecular flexibility index (Phi) is 7.10. The number of esters is 1. The van der Waals surface area contributed by atoms with Gasteiger partial charge in [0.1, 0.15) is 5.75 Å². The van der Waals surface area contributed by atoms with E-state index in [0.29, 0.717) is 22.3 Å². The molecule has 0 unspecified atom stereocenters. The van der Waals surface area contributed by atoms with E-state index in [-0.39, 0.29) is 13.2 Å². The Hall–Kier alpha value is -2.24. The van der Waals surface area contributed by atoms with Crippen LogP contribution < -0.4 is 10.1 Å². The lowest BCUT2D eigenvalue weighted by molar-refractivity contribution is -0.150. The van der Waals surface area contributed by atoms with Crippen molar-refractivity contribution in [2.45, 2.75) is 13.5 Å². The molecule has 0 aliphatic carbocycles. The predicted octanol–water partition coefficient (Wildman–Crippen LogP) is 3.54. The van der Waals surface area contributed by atoms with Crippen LogP contribution in [0.25, 0.3) is 0 Å². The van der Waals surface area contributed by atoms with E-state index in [2.05, 4.69) is 5.32 Å². The molecule has 0 atom stereocenters. The highest BCUT2D eigenvalue weighted by molar-refractivity contribution is 6.32. The average molecular weight is 382 g/mol. The van der Waals surface area contributed by atoms with Gasteiger partial charge in [-0.2, -0.15) is 0 Å². The van der Waals surface area contributed by atoms with Gasteiger partial charge in [0.25, 0.3) is 5.91 Å². The Morgan fingerprint density at radius 3 is 2.48 bits per heavy atom. The lowest BCUT2D eigenvalue weighted by Gasteiger charge is -2.09. The first kappa shape index (κ1) is 19.1. The minimum Gasteiger partial charge on any atom is -0.480 e. The lowest BCUT2D eigenvalue weighted by atomic mass is 10.2. The molecule has 1 N–H and O–H groups in total. The van der Waals surface area contributed by atoms with Crippen LogP contribution >= 0.6 is 23.2 Å². The number of hydrogen-bond donors (Lipinski definition) is 1. The zero-order chi connectivity index (χ0) is 18.2. The van der Waals surface area contributed by atoms with E-state index in [1.165, 1.54) is 0 Å². The molecule has 0 fully saturated rings. The minimum absolute atomic E-state index is 0.322. The first-order valence-electron chi connectivity index (χ1n) is 7.50. The van der Waals surface area contributed by atoms with Gasteiger partial charge in [-0.05, 0) is 42.3 Å². The predicted molar refractivity (Wildman–Crippen MR) is 95.9 cm³/mol. The molecule has 0 bridgehead atoms. The van der Waals surface area contributed by atoms with Gasteiger partial charge in [0, 0.05) is 11.6 Å². The summed E-state index contributed by atoms with van der Waals surface area (Å²) in [5, 5.41) is 3.67. The molecule has 2 aromatic carbocycles. The second-order valence-corrected chi connectivity index (χ2v) is 6.13. The number of rotatable bonds is 7. The molecule has 25 heavy (non-hydrogen) atoms. The molecule has 5 nitrogen and oxygen atoms in total. The number of carbonyl (C=O) groups is 2. The van der Waals surface area contributed by atoms with Gasteiger partial charge in [-0.25, -0.2) is 4.79 Å². The third-order valence-corrected chi connectivity index (χ3v) is 3.76. The summed E-state index contributed by atoms with van der Waals surface area (Å²) in [6, 6.07) is 12.3. The van der Waals surface area contributed by atoms with Gasteiger partial charge >= 0.3 is 5.97 Å². The SMILES string of the molecule is Cc1ccc(Cl)c(OCC(=O)OCC(=O)NCc2ccc(Cl)cc2)c1. The third kappa shape index (κ3) is 6.64. The molecule has 132 valence electrons. The first-order chi connectivity index (χ1) is 11.9. The Morgan fingerprint density at radius 1 is 1.04 bits per heavy atom. The number of ether oxygens (including phenoxy) is 2. The number of hydrogen-bond acceptors (Lipinski definition) is 4. The monoisotopic (exact) mass is 381 g/mol. The van der Waals surface area contributed by atoms with Gasteiger partial charge < -0.3 is 14.8 Å². The van der Waals surface area contributed by atoms with Crippen molar-refractivity contribution in [1.29, 1.82) is 0 Å². The van der Waals surface area contributed by atoms with E-state index in [4.69, 9.17) is 32.7 Å². The molecule has 0 spiro atoms. The van der Waals surface area contributed by atoms with E-state index in [1.807, 2.05) is 13.0 Å². The summed E-state index contributed by atoms with van der Waals surface area (Å²) in [6.07, 6.45) is 0. The second kappa shape index (κ2) is 9.30. The largest absolute Gasteiger partial charge is 0.480 e. The summed E-state index contributed by atoms with van der Waals surface area (Å²) < 4.78 is 10.2. The summed E-state index contributed by atoms with van der Waals surface area (Å²) in [5.74, 6) is -0.665. The van der Waals surface area contributed by atoms with Crippen LogP contribution in [0.4, 0.5) is 0 Å². The molecule has 2 aromatic rings. The molecule has 0 aliphatic rings. The third-order valence-electron chi connectivity index (χ3n) is 3.20. The Morgan fingerprint density at radius 2 is 1.76 bits per heavy atom. The highest BCUT2D eigenvalue weighted by Gasteiger charge is 2.10. The van der Waals surface area contributed by atoms with Crippen LogP contribution in [0.3, 0.4) is 0 Å². The summed E-state index contributed by atoms with van der Waals surface area (Å²) in [6.45, 7) is 1.50. The van der Waals surface area contributed by atoms with Crippen LogP contribution in [0.1, 0.15) is 11.1 Å². The maximum Gasteiger partial charge on any atom is 0.344 e. The fourth-order valence-electron chi connectivity index (χ4n) is 1.90. The second-order valence-electron chi connectivity index (χ2n) is 5.29. The van der Waals surface area contributed by atoms with Crippen LogP contribution in [0.5, 0.6) is 5.75 Å². The number of halogens is 2. The van der Waals surface area contributed by atoms with Crippen molar-refractivity contribution in [1.82, 2.24) is 5.32 Å². The zero-order valence-electron chi connectivity index (χ0n) is 13.6. The fourth-order valence-corrected chi connectivity index (χ4v) is 2.20. The summed E-state index contributed by atoms with van der Waals surface area (Å²) in [5.41, 5.74) is 1.84. The number of benzene rings is 2.